The number of aliphatic hydroxyl groups excluding tert-OH is 1. The second kappa shape index (κ2) is 8.53. The zero-order valence-electron chi connectivity index (χ0n) is 15.7. The monoisotopic (exact) mass is 449 g/mol. The maximum Gasteiger partial charge on any atom is 0.277 e. The maximum absolute atomic E-state index is 11.9. The van der Waals surface area contributed by atoms with Crippen LogP contribution in [0.1, 0.15) is 12.7 Å². The van der Waals surface area contributed by atoms with Crippen molar-refractivity contribution in [3.63, 3.8) is 0 Å². The maximum atomic E-state index is 11.9. The van der Waals surface area contributed by atoms with Gasteiger partial charge in [-0.2, -0.15) is 0 Å². The molecule has 148 valence electrons. The molecule has 0 radical (unpaired) electrons. The zero-order chi connectivity index (χ0) is 20.3. The predicted molar refractivity (Wildman–Crippen MR) is 108 cm³/mol. The van der Waals surface area contributed by atoms with Crippen LogP contribution < -0.4 is 19.9 Å². The first-order chi connectivity index (χ1) is 13.5. The molecule has 1 amide bonds. The van der Waals surface area contributed by atoms with Crippen LogP contribution in [0.4, 0.5) is 11.6 Å². The van der Waals surface area contributed by atoms with Crippen molar-refractivity contribution in [3.05, 3.63) is 34.8 Å². The molecule has 0 spiro atoms. The second-order valence-electron chi connectivity index (χ2n) is 6.03. The Labute approximate surface area is 170 Å². The van der Waals surface area contributed by atoms with Crippen molar-refractivity contribution in [3.8, 4) is 5.75 Å². The number of carbonyl (C=O) groups is 1. The van der Waals surface area contributed by atoms with Crippen LogP contribution in [0.2, 0.25) is 0 Å². The zero-order valence-corrected chi connectivity index (χ0v) is 17.3. The number of nitrogens with two attached hydrogens (primary N) is 1. The summed E-state index contributed by atoms with van der Waals surface area (Å²) in [4.78, 5) is 21.6. The normalized spacial score (nSPS) is 11.0. The van der Waals surface area contributed by atoms with Gasteiger partial charge in [-0.1, -0.05) is 0 Å². The molecule has 3 aromatic rings. The lowest BCUT2D eigenvalue weighted by molar-refractivity contribution is -0.681. The average molecular weight is 450 g/mol. The summed E-state index contributed by atoms with van der Waals surface area (Å²) in [5, 5.41) is 9.59. The van der Waals surface area contributed by atoms with Gasteiger partial charge in [-0.15, -0.1) is 0 Å². The number of benzene rings is 1. The van der Waals surface area contributed by atoms with E-state index in [-0.39, 0.29) is 24.8 Å². The van der Waals surface area contributed by atoms with Gasteiger partial charge in [0.1, 0.15) is 23.4 Å². The van der Waals surface area contributed by atoms with Gasteiger partial charge in [0, 0.05) is 6.07 Å². The number of nitrogens with zero attached hydrogens (tertiary/aromatic N) is 5. The fraction of sp³-hybridized carbons (Fsp3) is 0.333. The number of aliphatic hydroxyl groups is 1. The number of rotatable bonds is 8. The van der Waals surface area contributed by atoms with Crippen LogP contribution in [0.3, 0.4) is 0 Å². The summed E-state index contributed by atoms with van der Waals surface area (Å²) in [6, 6.07) is 5.75. The Hall–Kier alpha value is -2.72. The quantitative estimate of drug-likeness (QED) is 0.395. The summed E-state index contributed by atoms with van der Waals surface area (Å²) in [5.74, 6) is 1.99. The number of nitrogen functional groups attached to an aromatic ring is 1. The van der Waals surface area contributed by atoms with E-state index in [0.29, 0.717) is 24.1 Å². The van der Waals surface area contributed by atoms with Gasteiger partial charge in [-0.25, -0.2) is 19.1 Å². The first kappa shape index (κ1) is 20.0. The highest BCUT2D eigenvalue weighted by Gasteiger charge is 2.27. The van der Waals surface area contributed by atoms with Crippen molar-refractivity contribution in [2.75, 3.05) is 24.4 Å². The van der Waals surface area contributed by atoms with Crippen LogP contribution in [0.15, 0.2) is 29.0 Å². The SMILES string of the molecule is CCn1c(CN(C=O)c2nc(Br)cnc2N)[n+](CCO)c2ccc(OC)cc21. The summed E-state index contributed by atoms with van der Waals surface area (Å²) < 4.78 is 9.89. The predicted octanol–water partition coefficient (Wildman–Crippen LogP) is 1.25. The molecule has 0 aliphatic heterocycles. The number of fused-ring (bicyclic) bond motifs is 1. The first-order valence-electron chi connectivity index (χ1n) is 8.73. The minimum Gasteiger partial charge on any atom is -0.497 e. The number of methoxy groups -OCH3 is 1. The summed E-state index contributed by atoms with van der Waals surface area (Å²) in [6.07, 6.45) is 2.15. The standard InChI is InChI=1S/C18H22BrN6O3/c1-3-24-14-8-12(28-2)4-5-13(14)25(6-7-26)16(24)10-23(11-27)18-17(20)21-9-15(19)22-18/h4-5,8-9,11,26H,3,6-7,10H2,1-2H3,(H2,20,21)/q+1. The van der Waals surface area contributed by atoms with Crippen LogP contribution in [0, 0.1) is 0 Å². The van der Waals surface area contributed by atoms with Crippen LogP contribution in [-0.2, 0) is 24.4 Å². The van der Waals surface area contributed by atoms with Crippen molar-refractivity contribution in [1.29, 1.82) is 0 Å². The van der Waals surface area contributed by atoms with E-state index in [2.05, 4.69) is 30.5 Å². The third kappa shape index (κ3) is 3.65. The number of aryl methyl sites for hydroxylation is 1. The Morgan fingerprint density at radius 2 is 2.25 bits per heavy atom. The second-order valence-corrected chi connectivity index (χ2v) is 6.84. The lowest BCUT2D eigenvalue weighted by Gasteiger charge is -2.16. The molecule has 0 aliphatic rings. The van der Waals surface area contributed by atoms with E-state index in [9.17, 15) is 9.90 Å². The molecule has 10 heteroatoms. The number of ether oxygens (including phenoxy) is 1. The average Bonchev–Trinajstić information content (AvgIpc) is 3.00. The van der Waals surface area contributed by atoms with E-state index in [1.807, 2.05) is 29.7 Å². The minimum absolute atomic E-state index is 0.0353. The molecule has 0 unspecified atom stereocenters. The molecule has 1 aromatic carbocycles. The smallest absolute Gasteiger partial charge is 0.277 e. The van der Waals surface area contributed by atoms with E-state index in [1.54, 1.807) is 7.11 Å². The number of halogens is 1. The van der Waals surface area contributed by atoms with Gasteiger partial charge in [-0.05, 0) is 35.0 Å². The van der Waals surface area contributed by atoms with Crippen LogP contribution in [0.5, 0.6) is 5.75 Å². The Morgan fingerprint density at radius 3 is 2.89 bits per heavy atom. The molecule has 2 heterocycles. The van der Waals surface area contributed by atoms with E-state index in [0.717, 1.165) is 22.6 Å². The number of amides is 1. The molecule has 2 aromatic heterocycles. The third-order valence-corrected chi connectivity index (χ3v) is 4.87. The molecule has 28 heavy (non-hydrogen) atoms. The van der Waals surface area contributed by atoms with Crippen molar-refractivity contribution >= 4 is 45.0 Å². The largest absolute Gasteiger partial charge is 0.497 e. The molecule has 0 bridgehead atoms. The Bertz CT molecular complexity index is 1010. The fourth-order valence-electron chi connectivity index (χ4n) is 3.27. The molecule has 0 atom stereocenters. The van der Waals surface area contributed by atoms with E-state index < -0.39 is 0 Å². The highest BCUT2D eigenvalue weighted by molar-refractivity contribution is 9.10. The molecular weight excluding hydrogens is 428 g/mol. The number of anilines is 2. The van der Waals surface area contributed by atoms with E-state index >= 15 is 0 Å². The number of carbonyl (C=O) groups excluding carboxylic acids is 1. The molecule has 0 saturated heterocycles. The number of hydrogen-bond acceptors (Lipinski definition) is 6. The molecule has 0 aliphatic carbocycles. The van der Waals surface area contributed by atoms with Crippen molar-refractivity contribution in [2.24, 2.45) is 0 Å². The highest BCUT2D eigenvalue weighted by Crippen LogP contribution is 2.24. The van der Waals surface area contributed by atoms with Gasteiger partial charge < -0.3 is 15.6 Å². The number of hydrogen-bond donors (Lipinski definition) is 2. The fourth-order valence-corrected chi connectivity index (χ4v) is 3.54. The molecule has 3 rings (SSSR count). The molecule has 0 fully saturated rings. The van der Waals surface area contributed by atoms with E-state index in [1.165, 1.54) is 11.1 Å². The molecular formula is C18H22BrN6O3+. The topological polar surface area (TPSA) is 110 Å². The Kier molecular flexibility index (Phi) is 6.10. The number of imidazole rings is 1. The van der Waals surface area contributed by atoms with Crippen molar-refractivity contribution in [2.45, 2.75) is 26.6 Å². The van der Waals surface area contributed by atoms with Gasteiger partial charge in [0.15, 0.2) is 22.7 Å². The van der Waals surface area contributed by atoms with Gasteiger partial charge in [0.2, 0.25) is 6.41 Å². The van der Waals surface area contributed by atoms with E-state index in [4.69, 9.17) is 10.5 Å². The van der Waals surface area contributed by atoms with Crippen LogP contribution >= 0.6 is 15.9 Å². The van der Waals surface area contributed by atoms with Gasteiger partial charge in [0.05, 0.1) is 26.5 Å². The third-order valence-electron chi connectivity index (χ3n) is 4.49. The Balaban J connectivity index is 2.16. The van der Waals surface area contributed by atoms with Crippen molar-refractivity contribution in [1.82, 2.24) is 14.5 Å². The molecule has 9 nitrogen and oxygen atoms in total. The van der Waals surface area contributed by atoms with Crippen LogP contribution in [-0.4, -0.2) is 39.8 Å². The lowest BCUT2D eigenvalue weighted by Crippen LogP contribution is -2.42. The highest BCUT2D eigenvalue weighted by atomic mass is 79.9. The van der Waals surface area contributed by atoms with Gasteiger partial charge in [0.25, 0.3) is 5.82 Å². The van der Waals surface area contributed by atoms with Crippen molar-refractivity contribution < 1.29 is 19.2 Å². The molecule has 3 N–H and O–H groups in total. The minimum atomic E-state index is -0.0353. The first-order valence-corrected chi connectivity index (χ1v) is 9.53. The summed E-state index contributed by atoms with van der Waals surface area (Å²) in [7, 11) is 1.62. The van der Waals surface area contributed by atoms with Gasteiger partial charge >= 0.3 is 0 Å². The number of aromatic nitrogens is 4. The summed E-state index contributed by atoms with van der Waals surface area (Å²) in [6.45, 7) is 3.25. The summed E-state index contributed by atoms with van der Waals surface area (Å²) >= 11 is 3.26. The molecule has 0 saturated carbocycles. The summed E-state index contributed by atoms with van der Waals surface area (Å²) in [5.41, 5.74) is 7.82. The van der Waals surface area contributed by atoms with Gasteiger partial charge in [-0.3, -0.25) is 9.69 Å². The Morgan fingerprint density at radius 1 is 1.46 bits per heavy atom. The lowest BCUT2D eigenvalue weighted by atomic mass is 10.3. The van der Waals surface area contributed by atoms with Crippen LogP contribution in [0.25, 0.3) is 11.0 Å².